The number of ketones is 1. The molecule has 8 heteroatoms. The van der Waals surface area contributed by atoms with Gasteiger partial charge in [-0.25, -0.2) is 0 Å². The van der Waals surface area contributed by atoms with Gasteiger partial charge in [-0.3, -0.25) is 19.3 Å². The third-order valence-corrected chi connectivity index (χ3v) is 7.36. The molecule has 2 fully saturated rings. The van der Waals surface area contributed by atoms with Gasteiger partial charge in [0.2, 0.25) is 0 Å². The van der Waals surface area contributed by atoms with E-state index in [-0.39, 0.29) is 0 Å². The molecule has 2 aromatic rings. The Labute approximate surface area is 224 Å². The van der Waals surface area contributed by atoms with Crippen molar-refractivity contribution in [2.75, 3.05) is 40.4 Å². The number of carbonyl (C=O) groups is 3. The Hall–Kier alpha value is -3.51. The molecule has 8 nitrogen and oxygen atoms in total. The van der Waals surface area contributed by atoms with Gasteiger partial charge in [0, 0.05) is 57.0 Å². The molecule has 38 heavy (non-hydrogen) atoms. The highest BCUT2D eigenvalue weighted by Crippen LogP contribution is 2.30. The molecular weight excluding hydrogens is 482 g/mol. The molecule has 1 aliphatic carbocycles. The summed E-state index contributed by atoms with van der Waals surface area (Å²) in [5.74, 6) is 5.10. The first-order chi connectivity index (χ1) is 18.2. The Balaban J connectivity index is 1.32. The monoisotopic (exact) mass is 517 g/mol. The molecule has 0 aromatic heterocycles. The lowest BCUT2D eigenvalue weighted by Gasteiger charge is -2.39. The van der Waals surface area contributed by atoms with Crippen LogP contribution in [0.15, 0.2) is 48.5 Å². The van der Waals surface area contributed by atoms with Crippen molar-refractivity contribution in [1.29, 1.82) is 0 Å². The minimum atomic E-state index is -1.83. The van der Waals surface area contributed by atoms with E-state index in [2.05, 4.69) is 34.2 Å². The second-order valence-corrected chi connectivity index (χ2v) is 10.2. The maximum Gasteiger partial charge on any atom is 0.254 e. The van der Waals surface area contributed by atoms with E-state index in [1.54, 1.807) is 24.3 Å². The number of amides is 2. The summed E-state index contributed by atoms with van der Waals surface area (Å²) < 4.78 is 5.92. The largest absolute Gasteiger partial charge is 0.388 e. The van der Waals surface area contributed by atoms with E-state index in [0.29, 0.717) is 11.7 Å². The zero-order valence-corrected chi connectivity index (χ0v) is 22.2. The molecule has 2 aromatic carbocycles. The normalized spacial score (nSPS) is 16.9. The predicted molar refractivity (Wildman–Crippen MR) is 143 cm³/mol. The number of hydrogen-bond acceptors (Lipinski definition) is 6. The minimum Gasteiger partial charge on any atom is -0.388 e. The summed E-state index contributed by atoms with van der Waals surface area (Å²) in [5, 5.41) is 11.7. The Morgan fingerprint density at radius 1 is 1.05 bits per heavy atom. The molecule has 200 valence electrons. The number of Topliss-reactive ketones (excluding diaryl/α,β-unsaturated/α-hetero) is 1. The average Bonchev–Trinajstić information content (AvgIpc) is 3.76. The Bertz CT molecular complexity index is 1200. The number of carbonyl (C=O) groups excluding carboxylic acids is 3. The van der Waals surface area contributed by atoms with E-state index in [9.17, 15) is 19.5 Å². The summed E-state index contributed by atoms with van der Waals surface area (Å²) >= 11 is 0. The Morgan fingerprint density at radius 2 is 1.63 bits per heavy atom. The van der Waals surface area contributed by atoms with Gasteiger partial charge in [-0.15, -0.1) is 0 Å². The highest BCUT2D eigenvalue weighted by atomic mass is 16.5. The number of ether oxygens (including phenoxy) is 1. The van der Waals surface area contributed by atoms with Crippen LogP contribution in [0.1, 0.15) is 46.8 Å². The van der Waals surface area contributed by atoms with E-state index in [1.807, 2.05) is 12.1 Å². The standard InChI is InChI=1S/C30H35N3O5/c1-30(27(35)19-34,29(37)31-2)32(3)28(36)25-14-12-22(13-15-25)5-4-21-6-8-23(9-7-21)16-33-17-26(18-33)38-20-24-10-11-24/h6-9,12-15,24,26,34H,10-11,16-20H2,1-3H3,(H,31,37)/t30-/m1/s1. The summed E-state index contributed by atoms with van der Waals surface area (Å²) in [6.07, 6.45) is 3.03. The van der Waals surface area contributed by atoms with Gasteiger partial charge in [-0.05, 0) is 67.6 Å². The maximum atomic E-state index is 13.0. The van der Waals surface area contributed by atoms with E-state index >= 15 is 0 Å². The van der Waals surface area contributed by atoms with Crippen LogP contribution in [-0.4, -0.2) is 84.5 Å². The van der Waals surface area contributed by atoms with Gasteiger partial charge in [-0.2, -0.15) is 0 Å². The number of likely N-dealkylation sites (N-methyl/N-ethyl adjacent to an activating group) is 2. The van der Waals surface area contributed by atoms with Crippen molar-refractivity contribution in [1.82, 2.24) is 15.1 Å². The van der Waals surface area contributed by atoms with Crippen LogP contribution in [0, 0.1) is 17.8 Å². The zero-order chi connectivity index (χ0) is 27.3. The van der Waals surface area contributed by atoms with E-state index in [1.165, 1.54) is 39.4 Å². The highest BCUT2D eigenvalue weighted by Gasteiger charge is 2.46. The van der Waals surface area contributed by atoms with Crippen molar-refractivity contribution in [3.05, 3.63) is 70.8 Å². The molecule has 0 spiro atoms. The number of aliphatic hydroxyl groups excluding tert-OH is 1. The lowest BCUT2D eigenvalue weighted by Crippen LogP contribution is -2.62. The molecular formula is C30H35N3O5. The van der Waals surface area contributed by atoms with Crippen LogP contribution in [0.4, 0.5) is 0 Å². The fourth-order valence-electron chi connectivity index (χ4n) is 4.37. The van der Waals surface area contributed by atoms with E-state index in [4.69, 9.17) is 4.74 Å². The molecule has 1 atom stereocenters. The van der Waals surface area contributed by atoms with Crippen LogP contribution < -0.4 is 5.32 Å². The van der Waals surface area contributed by atoms with Crippen molar-refractivity contribution in [2.45, 2.75) is 38.0 Å². The van der Waals surface area contributed by atoms with Gasteiger partial charge >= 0.3 is 0 Å². The quantitative estimate of drug-likeness (QED) is 0.369. The van der Waals surface area contributed by atoms with Crippen LogP contribution in [0.3, 0.4) is 0 Å². The smallest absolute Gasteiger partial charge is 0.254 e. The summed E-state index contributed by atoms with van der Waals surface area (Å²) in [6, 6.07) is 14.9. The number of rotatable bonds is 10. The molecule has 1 saturated heterocycles. The van der Waals surface area contributed by atoms with E-state index in [0.717, 1.165) is 48.2 Å². The second kappa shape index (κ2) is 11.9. The summed E-state index contributed by atoms with van der Waals surface area (Å²) in [7, 11) is 2.74. The average molecular weight is 518 g/mol. The Morgan fingerprint density at radius 3 is 2.16 bits per heavy atom. The first-order valence-electron chi connectivity index (χ1n) is 12.9. The number of aliphatic hydroxyl groups is 1. The third-order valence-electron chi connectivity index (χ3n) is 7.36. The summed E-state index contributed by atoms with van der Waals surface area (Å²) in [5.41, 5.74) is 1.34. The second-order valence-electron chi connectivity index (χ2n) is 10.2. The predicted octanol–water partition coefficient (Wildman–Crippen LogP) is 1.84. The fourth-order valence-corrected chi connectivity index (χ4v) is 4.37. The molecule has 0 unspecified atom stereocenters. The van der Waals surface area contributed by atoms with Crippen molar-refractivity contribution in [3.8, 4) is 11.8 Å². The van der Waals surface area contributed by atoms with Gasteiger partial charge in [0.05, 0.1) is 6.10 Å². The topological polar surface area (TPSA) is 99.2 Å². The third kappa shape index (κ3) is 6.30. The number of nitrogens with zero attached hydrogens (tertiary/aromatic N) is 2. The van der Waals surface area contributed by atoms with Crippen molar-refractivity contribution >= 4 is 17.6 Å². The van der Waals surface area contributed by atoms with Gasteiger partial charge in [-0.1, -0.05) is 24.0 Å². The molecule has 2 N–H and O–H groups in total. The minimum absolute atomic E-state index is 0.300. The zero-order valence-electron chi connectivity index (χ0n) is 22.2. The number of likely N-dealkylation sites (tertiary alicyclic amines) is 1. The van der Waals surface area contributed by atoms with Crippen LogP contribution >= 0.6 is 0 Å². The first-order valence-corrected chi connectivity index (χ1v) is 12.9. The van der Waals surface area contributed by atoms with Gasteiger partial charge < -0.3 is 20.1 Å². The molecule has 1 aliphatic heterocycles. The number of nitrogens with one attached hydrogen (secondary N) is 1. The fraction of sp³-hybridized carbons (Fsp3) is 0.433. The van der Waals surface area contributed by atoms with E-state index < -0.39 is 29.7 Å². The molecule has 0 bridgehead atoms. The number of benzene rings is 2. The van der Waals surface area contributed by atoms with Crippen molar-refractivity contribution in [3.63, 3.8) is 0 Å². The molecule has 1 saturated carbocycles. The van der Waals surface area contributed by atoms with Crippen LogP contribution in [-0.2, 0) is 20.9 Å². The van der Waals surface area contributed by atoms with Crippen LogP contribution in [0.25, 0.3) is 0 Å². The lowest BCUT2D eigenvalue weighted by molar-refractivity contribution is -0.143. The maximum absolute atomic E-state index is 13.0. The molecule has 0 radical (unpaired) electrons. The first kappa shape index (κ1) is 27.5. The molecule has 1 heterocycles. The number of hydrogen-bond donors (Lipinski definition) is 2. The van der Waals surface area contributed by atoms with Crippen molar-refractivity contribution in [2.24, 2.45) is 5.92 Å². The van der Waals surface area contributed by atoms with Gasteiger partial charge in [0.1, 0.15) is 6.61 Å². The molecule has 2 aliphatic rings. The van der Waals surface area contributed by atoms with Crippen molar-refractivity contribution < 1.29 is 24.2 Å². The molecule has 4 rings (SSSR count). The summed E-state index contributed by atoms with van der Waals surface area (Å²) in [6.45, 7) is 4.27. The van der Waals surface area contributed by atoms with Crippen LogP contribution in [0.2, 0.25) is 0 Å². The SMILES string of the molecule is CNC(=O)[C@@](C)(C(=O)CO)N(C)C(=O)c1ccc(C#Cc2ccc(CN3CC(OCC4CC4)C3)cc2)cc1. The lowest BCUT2D eigenvalue weighted by atomic mass is 9.92. The van der Waals surface area contributed by atoms with Crippen LogP contribution in [0.5, 0.6) is 0 Å². The highest BCUT2D eigenvalue weighted by molar-refractivity contribution is 6.14. The van der Waals surface area contributed by atoms with Gasteiger partial charge in [0.25, 0.3) is 11.8 Å². The molecule has 2 amide bonds. The van der Waals surface area contributed by atoms with Gasteiger partial charge in [0.15, 0.2) is 11.3 Å². The summed E-state index contributed by atoms with van der Waals surface area (Å²) in [4.78, 5) is 41.1. The Kier molecular flexibility index (Phi) is 8.62.